The molecule has 0 spiro atoms. The van der Waals surface area contributed by atoms with Gasteiger partial charge in [0.2, 0.25) is 0 Å². The normalized spacial score (nSPS) is 37.5. The van der Waals surface area contributed by atoms with E-state index in [1.165, 1.54) is 12.8 Å². The van der Waals surface area contributed by atoms with E-state index < -0.39 is 0 Å². The van der Waals surface area contributed by atoms with Gasteiger partial charge in [0.15, 0.2) is 0 Å². The molecule has 48 valence electrons. The number of alkyl halides is 1. The van der Waals surface area contributed by atoms with Gasteiger partial charge in [-0.15, -0.1) is 0 Å². The Morgan fingerprint density at radius 1 is 1.38 bits per heavy atom. The Kier molecular flexibility index (Phi) is 1.93. The van der Waals surface area contributed by atoms with Crippen molar-refractivity contribution < 1.29 is 0 Å². The van der Waals surface area contributed by atoms with Gasteiger partial charge in [0.25, 0.3) is 0 Å². The van der Waals surface area contributed by atoms with Crippen LogP contribution in [0, 0.1) is 0 Å². The van der Waals surface area contributed by atoms with Crippen LogP contribution in [0.1, 0.15) is 12.8 Å². The minimum absolute atomic E-state index is 0.801. The zero-order chi connectivity index (χ0) is 6.15. The molecule has 0 aromatic carbocycles. The first-order valence-electron chi connectivity index (χ1n) is 3.00. The molecule has 1 nitrogen and oxygen atoms in total. The molecule has 1 aliphatic carbocycles. The second-order valence-corrected chi connectivity index (χ2v) is 3.98. The van der Waals surface area contributed by atoms with Crippen LogP contribution in [0.4, 0.5) is 0 Å². The molecule has 0 unspecified atom stereocenters. The van der Waals surface area contributed by atoms with Crippen molar-refractivity contribution in [3.8, 4) is 0 Å². The third-order valence-electron chi connectivity index (χ3n) is 1.79. The lowest BCUT2D eigenvalue weighted by Gasteiger charge is -2.36. The fourth-order valence-corrected chi connectivity index (χ4v) is 1.81. The molecule has 0 aliphatic heterocycles. The molecule has 1 rings (SSSR count). The Morgan fingerprint density at radius 2 is 1.88 bits per heavy atom. The zero-order valence-electron chi connectivity index (χ0n) is 5.39. The van der Waals surface area contributed by atoms with Crippen LogP contribution in [0.5, 0.6) is 0 Å². The lowest BCUT2D eigenvalue weighted by molar-refractivity contribution is 0.203. The maximum Gasteiger partial charge on any atom is 0.0175 e. The monoisotopic (exact) mass is 177 g/mol. The largest absolute Gasteiger partial charge is 0.306 e. The number of rotatable bonds is 1. The number of nitrogens with zero attached hydrogens (tertiary/aromatic N) is 1. The quantitative estimate of drug-likeness (QED) is 0.549. The van der Waals surface area contributed by atoms with E-state index in [2.05, 4.69) is 34.9 Å². The van der Waals surface area contributed by atoms with Gasteiger partial charge in [-0.1, -0.05) is 15.9 Å². The van der Waals surface area contributed by atoms with Gasteiger partial charge in [-0.3, -0.25) is 0 Å². The second-order valence-electron chi connectivity index (χ2n) is 2.69. The molecule has 1 aliphatic rings. The molecule has 1 saturated carbocycles. The van der Waals surface area contributed by atoms with Crippen molar-refractivity contribution in [1.29, 1.82) is 0 Å². The van der Waals surface area contributed by atoms with Gasteiger partial charge in [0.05, 0.1) is 0 Å². The molecule has 0 atom stereocenters. The minimum Gasteiger partial charge on any atom is -0.306 e. The number of hydrogen-bond donors (Lipinski definition) is 0. The van der Waals surface area contributed by atoms with E-state index in [-0.39, 0.29) is 0 Å². The van der Waals surface area contributed by atoms with Gasteiger partial charge in [0.1, 0.15) is 0 Å². The fourth-order valence-electron chi connectivity index (χ4n) is 0.943. The van der Waals surface area contributed by atoms with E-state index >= 15 is 0 Å². The summed E-state index contributed by atoms with van der Waals surface area (Å²) in [5, 5.41) is 0. The summed E-state index contributed by atoms with van der Waals surface area (Å²) in [7, 11) is 4.28. The zero-order valence-corrected chi connectivity index (χ0v) is 6.98. The van der Waals surface area contributed by atoms with Crippen molar-refractivity contribution >= 4 is 15.9 Å². The van der Waals surface area contributed by atoms with E-state index in [9.17, 15) is 0 Å². The van der Waals surface area contributed by atoms with E-state index in [4.69, 9.17) is 0 Å². The smallest absolute Gasteiger partial charge is 0.0175 e. The third kappa shape index (κ3) is 1.23. The highest BCUT2D eigenvalue weighted by Gasteiger charge is 2.27. The standard InChI is InChI=1S/C6H12BrN/c1-8(2)6-3-5(7)4-6/h5-6H,3-4H2,1-2H3. The van der Waals surface area contributed by atoms with Gasteiger partial charge >= 0.3 is 0 Å². The van der Waals surface area contributed by atoms with E-state index in [0.29, 0.717) is 0 Å². The molecule has 0 saturated heterocycles. The lowest BCUT2D eigenvalue weighted by Crippen LogP contribution is -2.40. The molecule has 0 aromatic rings. The molecule has 0 bridgehead atoms. The van der Waals surface area contributed by atoms with Crippen molar-refractivity contribution in [2.24, 2.45) is 0 Å². The van der Waals surface area contributed by atoms with Crippen molar-refractivity contribution in [3.05, 3.63) is 0 Å². The molecule has 8 heavy (non-hydrogen) atoms. The number of hydrogen-bond acceptors (Lipinski definition) is 1. The Bertz CT molecular complexity index is 76.6. The molecule has 0 radical (unpaired) electrons. The van der Waals surface area contributed by atoms with Crippen molar-refractivity contribution in [1.82, 2.24) is 4.90 Å². The molecule has 2 heteroatoms. The van der Waals surface area contributed by atoms with Crippen LogP contribution in [0.3, 0.4) is 0 Å². The summed E-state index contributed by atoms with van der Waals surface area (Å²) in [6, 6.07) is 0.847. The van der Waals surface area contributed by atoms with Crippen LogP contribution < -0.4 is 0 Å². The Morgan fingerprint density at radius 3 is 2.00 bits per heavy atom. The molecular weight excluding hydrogens is 166 g/mol. The van der Waals surface area contributed by atoms with Crippen LogP contribution in [0.2, 0.25) is 0 Å². The highest BCUT2D eigenvalue weighted by molar-refractivity contribution is 9.09. The first-order valence-corrected chi connectivity index (χ1v) is 3.92. The Hall–Kier alpha value is 0.440. The topological polar surface area (TPSA) is 3.24 Å². The van der Waals surface area contributed by atoms with Crippen LogP contribution in [-0.2, 0) is 0 Å². The van der Waals surface area contributed by atoms with Crippen LogP contribution in [0.25, 0.3) is 0 Å². The summed E-state index contributed by atoms with van der Waals surface area (Å²) in [5.74, 6) is 0. The minimum atomic E-state index is 0.801. The van der Waals surface area contributed by atoms with Crippen molar-refractivity contribution in [3.63, 3.8) is 0 Å². The van der Waals surface area contributed by atoms with Crippen LogP contribution >= 0.6 is 15.9 Å². The summed E-state index contributed by atoms with van der Waals surface area (Å²) in [5.41, 5.74) is 0. The predicted molar refractivity (Wildman–Crippen MR) is 39.4 cm³/mol. The first-order chi connectivity index (χ1) is 3.70. The van der Waals surface area contributed by atoms with Gasteiger partial charge in [-0.05, 0) is 26.9 Å². The highest BCUT2D eigenvalue weighted by atomic mass is 79.9. The van der Waals surface area contributed by atoms with Crippen LogP contribution in [-0.4, -0.2) is 29.9 Å². The van der Waals surface area contributed by atoms with Gasteiger partial charge in [0, 0.05) is 10.9 Å². The van der Waals surface area contributed by atoms with Gasteiger partial charge in [-0.25, -0.2) is 0 Å². The average Bonchev–Trinajstić information content (AvgIpc) is 1.57. The predicted octanol–water partition coefficient (Wildman–Crippen LogP) is 1.47. The summed E-state index contributed by atoms with van der Waals surface area (Å²) >= 11 is 3.54. The van der Waals surface area contributed by atoms with E-state index in [1.54, 1.807) is 0 Å². The summed E-state index contributed by atoms with van der Waals surface area (Å²) < 4.78 is 0. The van der Waals surface area contributed by atoms with Crippen molar-refractivity contribution in [2.45, 2.75) is 23.7 Å². The molecule has 0 aromatic heterocycles. The molecule has 0 amide bonds. The summed E-state index contributed by atoms with van der Waals surface area (Å²) in [6.07, 6.45) is 2.65. The van der Waals surface area contributed by atoms with Gasteiger partial charge < -0.3 is 4.90 Å². The Balaban J connectivity index is 2.15. The van der Waals surface area contributed by atoms with Crippen LogP contribution in [0.15, 0.2) is 0 Å². The second kappa shape index (κ2) is 2.36. The summed E-state index contributed by atoms with van der Waals surface area (Å²) in [6.45, 7) is 0. The maximum atomic E-state index is 3.54. The third-order valence-corrected chi connectivity index (χ3v) is 2.53. The molecule has 0 heterocycles. The highest BCUT2D eigenvalue weighted by Crippen LogP contribution is 2.29. The Labute approximate surface area is 59.2 Å². The van der Waals surface area contributed by atoms with E-state index in [1.807, 2.05) is 0 Å². The maximum absolute atomic E-state index is 3.54. The average molecular weight is 178 g/mol. The van der Waals surface area contributed by atoms with Crippen molar-refractivity contribution in [2.75, 3.05) is 14.1 Å². The molecule has 1 fully saturated rings. The molecule has 0 N–H and O–H groups in total. The van der Waals surface area contributed by atoms with E-state index in [0.717, 1.165) is 10.9 Å². The summed E-state index contributed by atoms with van der Waals surface area (Å²) in [4.78, 5) is 3.09. The lowest BCUT2D eigenvalue weighted by atomic mass is 9.92. The van der Waals surface area contributed by atoms with Gasteiger partial charge in [-0.2, -0.15) is 0 Å². The number of halogens is 1. The molecular formula is C6H12BrN. The fraction of sp³-hybridized carbons (Fsp3) is 1.00. The first kappa shape index (κ1) is 6.56. The SMILES string of the molecule is CN(C)C1CC(Br)C1.